The SMILES string of the molecule is O=C(NCC(O)c1cccc(Cl)c1)Nc1cccc([N+](=O)[O-])c1. The predicted molar refractivity (Wildman–Crippen MR) is 86.5 cm³/mol. The Hall–Kier alpha value is -2.64. The van der Waals surface area contributed by atoms with Gasteiger partial charge in [0.05, 0.1) is 11.0 Å². The van der Waals surface area contributed by atoms with Gasteiger partial charge in [-0.3, -0.25) is 10.1 Å². The normalized spacial score (nSPS) is 11.6. The Morgan fingerprint density at radius 3 is 2.70 bits per heavy atom. The molecule has 3 N–H and O–H groups in total. The van der Waals surface area contributed by atoms with E-state index < -0.39 is 17.1 Å². The van der Waals surface area contributed by atoms with Crippen LogP contribution in [0.3, 0.4) is 0 Å². The Morgan fingerprint density at radius 2 is 2.00 bits per heavy atom. The Balaban J connectivity index is 1.90. The molecule has 1 atom stereocenters. The molecule has 0 aromatic heterocycles. The van der Waals surface area contributed by atoms with Gasteiger partial charge in [-0.15, -0.1) is 0 Å². The van der Waals surface area contributed by atoms with Crippen LogP contribution in [0.5, 0.6) is 0 Å². The first-order valence-electron chi connectivity index (χ1n) is 6.68. The largest absolute Gasteiger partial charge is 0.387 e. The summed E-state index contributed by atoms with van der Waals surface area (Å²) in [4.78, 5) is 21.9. The van der Waals surface area contributed by atoms with E-state index in [9.17, 15) is 20.0 Å². The van der Waals surface area contributed by atoms with Gasteiger partial charge in [0.2, 0.25) is 0 Å². The number of nitrogens with zero attached hydrogens (tertiary/aromatic N) is 1. The van der Waals surface area contributed by atoms with Crippen LogP contribution in [0.4, 0.5) is 16.2 Å². The molecule has 0 bridgehead atoms. The number of hydrogen-bond acceptors (Lipinski definition) is 4. The summed E-state index contributed by atoms with van der Waals surface area (Å²) in [5.41, 5.74) is 0.740. The maximum absolute atomic E-state index is 11.8. The minimum Gasteiger partial charge on any atom is -0.387 e. The fraction of sp³-hybridized carbons (Fsp3) is 0.133. The van der Waals surface area contributed by atoms with Crippen LogP contribution in [-0.4, -0.2) is 22.6 Å². The number of hydrogen-bond donors (Lipinski definition) is 3. The molecule has 1 unspecified atom stereocenters. The number of rotatable bonds is 5. The van der Waals surface area contributed by atoms with Crippen LogP contribution in [0.15, 0.2) is 48.5 Å². The molecule has 120 valence electrons. The van der Waals surface area contributed by atoms with E-state index in [1.807, 2.05) is 0 Å². The summed E-state index contributed by atoms with van der Waals surface area (Å²) in [7, 11) is 0. The van der Waals surface area contributed by atoms with E-state index in [2.05, 4.69) is 10.6 Å². The Kier molecular flexibility index (Phi) is 5.51. The van der Waals surface area contributed by atoms with E-state index in [1.54, 1.807) is 24.3 Å². The van der Waals surface area contributed by atoms with Crippen molar-refractivity contribution in [3.05, 3.63) is 69.2 Å². The van der Waals surface area contributed by atoms with Gasteiger partial charge in [-0.2, -0.15) is 0 Å². The minimum atomic E-state index is -0.912. The number of non-ortho nitro benzene ring substituents is 1. The Labute approximate surface area is 137 Å². The van der Waals surface area contributed by atoms with E-state index in [0.29, 0.717) is 10.6 Å². The average molecular weight is 336 g/mol. The molecule has 0 radical (unpaired) electrons. The lowest BCUT2D eigenvalue weighted by molar-refractivity contribution is -0.384. The number of halogens is 1. The zero-order chi connectivity index (χ0) is 16.8. The lowest BCUT2D eigenvalue weighted by Crippen LogP contribution is -2.32. The molecule has 0 aliphatic rings. The first-order valence-corrected chi connectivity index (χ1v) is 7.06. The topological polar surface area (TPSA) is 104 Å². The number of nitro groups is 1. The van der Waals surface area contributed by atoms with E-state index in [4.69, 9.17) is 11.6 Å². The van der Waals surface area contributed by atoms with Crippen molar-refractivity contribution in [3.8, 4) is 0 Å². The van der Waals surface area contributed by atoms with E-state index in [1.165, 1.54) is 24.3 Å². The van der Waals surface area contributed by atoms with Crippen molar-refractivity contribution in [1.82, 2.24) is 5.32 Å². The second-order valence-corrected chi connectivity index (χ2v) is 5.15. The highest BCUT2D eigenvalue weighted by atomic mass is 35.5. The van der Waals surface area contributed by atoms with Crippen LogP contribution >= 0.6 is 11.6 Å². The number of urea groups is 1. The van der Waals surface area contributed by atoms with Crippen molar-refractivity contribution in [3.63, 3.8) is 0 Å². The molecule has 0 fully saturated rings. The molecule has 2 aromatic rings. The highest BCUT2D eigenvalue weighted by Crippen LogP contribution is 2.18. The summed E-state index contributed by atoms with van der Waals surface area (Å²) in [5, 5.41) is 26.1. The summed E-state index contributed by atoms with van der Waals surface area (Å²) in [6, 6.07) is 11.7. The van der Waals surface area contributed by atoms with Crippen LogP contribution in [0.25, 0.3) is 0 Å². The van der Waals surface area contributed by atoms with Gasteiger partial charge in [0, 0.05) is 29.4 Å². The average Bonchev–Trinajstić information content (AvgIpc) is 2.53. The highest BCUT2D eigenvalue weighted by Gasteiger charge is 2.11. The van der Waals surface area contributed by atoms with Crippen LogP contribution in [-0.2, 0) is 0 Å². The van der Waals surface area contributed by atoms with Gasteiger partial charge >= 0.3 is 6.03 Å². The molecule has 8 heteroatoms. The molecule has 0 saturated carbocycles. The first kappa shape index (κ1) is 16.7. The number of aliphatic hydroxyl groups is 1. The third kappa shape index (κ3) is 4.94. The number of benzene rings is 2. The zero-order valence-corrected chi connectivity index (χ0v) is 12.7. The molecule has 23 heavy (non-hydrogen) atoms. The van der Waals surface area contributed by atoms with Crippen LogP contribution in [0.2, 0.25) is 5.02 Å². The van der Waals surface area contributed by atoms with Gasteiger partial charge in [0.15, 0.2) is 0 Å². The molecular weight excluding hydrogens is 322 g/mol. The molecular formula is C15H14ClN3O4. The van der Waals surface area contributed by atoms with E-state index in [0.717, 1.165) is 0 Å². The van der Waals surface area contributed by atoms with Gasteiger partial charge in [-0.25, -0.2) is 4.79 Å². The van der Waals surface area contributed by atoms with E-state index in [-0.39, 0.29) is 17.9 Å². The second-order valence-electron chi connectivity index (χ2n) is 4.71. The van der Waals surface area contributed by atoms with Crippen molar-refractivity contribution < 1.29 is 14.8 Å². The predicted octanol–water partition coefficient (Wildman–Crippen LogP) is 3.10. The van der Waals surface area contributed by atoms with Crippen molar-refractivity contribution in [2.45, 2.75) is 6.10 Å². The molecule has 2 aromatic carbocycles. The highest BCUT2D eigenvalue weighted by molar-refractivity contribution is 6.30. The summed E-state index contributed by atoms with van der Waals surface area (Å²) in [5.74, 6) is 0. The number of nitro benzene ring substituents is 1. The second kappa shape index (κ2) is 7.57. The van der Waals surface area contributed by atoms with Crippen molar-refractivity contribution in [2.24, 2.45) is 0 Å². The van der Waals surface area contributed by atoms with Gasteiger partial charge in [-0.1, -0.05) is 29.8 Å². The Bertz CT molecular complexity index is 723. The van der Waals surface area contributed by atoms with Gasteiger partial charge in [0.25, 0.3) is 5.69 Å². The van der Waals surface area contributed by atoms with Crippen LogP contribution < -0.4 is 10.6 Å². The van der Waals surface area contributed by atoms with Gasteiger partial charge < -0.3 is 15.7 Å². The number of anilines is 1. The first-order chi connectivity index (χ1) is 11.0. The number of nitrogens with one attached hydrogen (secondary N) is 2. The quantitative estimate of drug-likeness (QED) is 0.576. The molecule has 0 spiro atoms. The van der Waals surface area contributed by atoms with E-state index >= 15 is 0 Å². The monoisotopic (exact) mass is 335 g/mol. The Morgan fingerprint density at radius 1 is 1.26 bits per heavy atom. The summed E-state index contributed by atoms with van der Waals surface area (Å²) >= 11 is 5.83. The molecule has 7 nitrogen and oxygen atoms in total. The third-order valence-corrected chi connectivity index (χ3v) is 3.24. The smallest absolute Gasteiger partial charge is 0.319 e. The number of carbonyl (C=O) groups is 1. The zero-order valence-electron chi connectivity index (χ0n) is 11.9. The lowest BCUT2D eigenvalue weighted by atomic mass is 10.1. The number of carbonyl (C=O) groups excluding carboxylic acids is 1. The molecule has 2 amide bonds. The molecule has 0 saturated heterocycles. The summed E-state index contributed by atoms with van der Waals surface area (Å²) in [6.45, 7) is -0.0267. The van der Waals surface area contributed by atoms with Crippen LogP contribution in [0.1, 0.15) is 11.7 Å². The summed E-state index contributed by atoms with van der Waals surface area (Å²) in [6.07, 6.45) is -0.912. The van der Waals surface area contributed by atoms with Gasteiger partial charge in [0.1, 0.15) is 0 Å². The maximum Gasteiger partial charge on any atom is 0.319 e. The fourth-order valence-electron chi connectivity index (χ4n) is 1.89. The number of amides is 2. The molecule has 2 rings (SSSR count). The fourth-order valence-corrected chi connectivity index (χ4v) is 2.09. The maximum atomic E-state index is 11.8. The number of aliphatic hydroxyl groups excluding tert-OH is 1. The standard InChI is InChI=1S/C15H14ClN3O4/c16-11-4-1-3-10(7-11)14(20)9-17-15(21)18-12-5-2-6-13(8-12)19(22)23/h1-8,14,20H,9H2,(H2,17,18,21). The molecule has 0 aliphatic heterocycles. The molecule has 0 aliphatic carbocycles. The van der Waals surface area contributed by atoms with Crippen LogP contribution in [0, 0.1) is 10.1 Å². The van der Waals surface area contributed by atoms with Crippen molar-refractivity contribution in [1.29, 1.82) is 0 Å². The van der Waals surface area contributed by atoms with Crippen molar-refractivity contribution >= 4 is 29.0 Å². The lowest BCUT2D eigenvalue weighted by Gasteiger charge is -2.13. The third-order valence-electron chi connectivity index (χ3n) is 3.00. The summed E-state index contributed by atoms with van der Waals surface area (Å²) < 4.78 is 0. The van der Waals surface area contributed by atoms with Crippen molar-refractivity contribution in [2.75, 3.05) is 11.9 Å². The molecule has 0 heterocycles. The minimum absolute atomic E-state index is 0.0267. The van der Waals surface area contributed by atoms with Gasteiger partial charge in [-0.05, 0) is 23.8 Å².